The smallest absolute Gasteiger partial charge is 0.145 e. The zero-order valence-corrected chi connectivity index (χ0v) is 14.1. The molecule has 130 valence electrons. The fraction of sp³-hybridized carbons (Fsp3) is 0.368. The lowest BCUT2D eigenvalue weighted by molar-refractivity contribution is 0.203. The highest BCUT2D eigenvalue weighted by molar-refractivity contribution is 5.43. The van der Waals surface area contributed by atoms with E-state index in [0.29, 0.717) is 18.1 Å². The molecule has 0 amide bonds. The van der Waals surface area contributed by atoms with Crippen LogP contribution in [0.5, 0.6) is 0 Å². The maximum atomic E-state index is 13.8. The number of anilines is 1. The van der Waals surface area contributed by atoms with Gasteiger partial charge >= 0.3 is 0 Å². The second-order valence-corrected chi connectivity index (χ2v) is 6.39. The fourth-order valence-corrected chi connectivity index (χ4v) is 3.16. The van der Waals surface area contributed by atoms with Gasteiger partial charge in [-0.1, -0.05) is 12.1 Å². The third-order valence-electron chi connectivity index (χ3n) is 4.50. The van der Waals surface area contributed by atoms with E-state index in [2.05, 4.69) is 16.4 Å². The molecule has 1 aliphatic heterocycles. The molecular weight excluding hydrogens is 322 g/mol. The zero-order valence-electron chi connectivity index (χ0n) is 14.1. The minimum atomic E-state index is -0.506. The van der Waals surface area contributed by atoms with Gasteiger partial charge in [0.05, 0.1) is 0 Å². The predicted molar refractivity (Wildman–Crippen MR) is 92.0 cm³/mol. The van der Waals surface area contributed by atoms with Crippen molar-refractivity contribution in [3.8, 4) is 6.07 Å². The Morgan fingerprint density at radius 3 is 2.76 bits per heavy atom. The number of hydrogen-bond acceptors (Lipinski definition) is 4. The van der Waals surface area contributed by atoms with Crippen molar-refractivity contribution < 1.29 is 8.78 Å². The first-order chi connectivity index (χ1) is 12.1. The monoisotopic (exact) mass is 342 g/mol. The predicted octanol–water partition coefficient (Wildman–Crippen LogP) is 3.62. The second-order valence-electron chi connectivity index (χ2n) is 6.39. The molecule has 25 heavy (non-hydrogen) atoms. The minimum Gasteiger partial charge on any atom is -0.366 e. The van der Waals surface area contributed by atoms with Crippen LogP contribution < -0.4 is 5.32 Å². The summed E-state index contributed by atoms with van der Waals surface area (Å²) in [5.41, 5.74) is 1.36. The third kappa shape index (κ3) is 4.12. The van der Waals surface area contributed by atoms with Gasteiger partial charge in [0.2, 0.25) is 0 Å². The highest BCUT2D eigenvalue weighted by atomic mass is 19.1. The first-order valence-corrected chi connectivity index (χ1v) is 8.36. The first-order valence-electron chi connectivity index (χ1n) is 8.36. The molecule has 1 aliphatic rings. The van der Waals surface area contributed by atoms with Crippen LogP contribution >= 0.6 is 0 Å². The van der Waals surface area contributed by atoms with Gasteiger partial charge in [-0.2, -0.15) is 5.26 Å². The van der Waals surface area contributed by atoms with E-state index >= 15 is 0 Å². The normalized spacial score (nSPS) is 17.9. The molecule has 0 aliphatic carbocycles. The maximum Gasteiger partial charge on any atom is 0.145 e. The summed E-state index contributed by atoms with van der Waals surface area (Å²) in [7, 11) is 0. The second kappa shape index (κ2) is 7.58. The van der Waals surface area contributed by atoms with Crippen LogP contribution in [0, 0.1) is 29.9 Å². The molecule has 1 fully saturated rings. The molecule has 1 unspecified atom stereocenters. The number of halogens is 2. The molecule has 0 spiro atoms. The van der Waals surface area contributed by atoms with Crippen molar-refractivity contribution in [1.82, 2.24) is 9.88 Å². The van der Waals surface area contributed by atoms with E-state index in [1.54, 1.807) is 0 Å². The van der Waals surface area contributed by atoms with Crippen LogP contribution in [-0.4, -0.2) is 29.0 Å². The Morgan fingerprint density at radius 1 is 1.28 bits per heavy atom. The quantitative estimate of drug-likeness (QED) is 0.922. The average molecular weight is 342 g/mol. The summed E-state index contributed by atoms with van der Waals surface area (Å²) < 4.78 is 27.7. The molecule has 1 aromatic heterocycles. The summed E-state index contributed by atoms with van der Waals surface area (Å²) in [6.45, 7) is 3.57. The zero-order chi connectivity index (χ0) is 17.8. The molecule has 2 heterocycles. The largest absolute Gasteiger partial charge is 0.366 e. The van der Waals surface area contributed by atoms with Crippen LogP contribution in [0.2, 0.25) is 0 Å². The van der Waals surface area contributed by atoms with Crippen LogP contribution in [0.1, 0.15) is 29.7 Å². The number of benzene rings is 1. The van der Waals surface area contributed by atoms with E-state index in [0.717, 1.165) is 24.9 Å². The number of aromatic nitrogens is 1. The molecule has 4 nitrogen and oxygen atoms in total. The van der Waals surface area contributed by atoms with E-state index in [9.17, 15) is 8.78 Å². The van der Waals surface area contributed by atoms with Crippen molar-refractivity contribution in [3.63, 3.8) is 0 Å². The number of rotatable bonds is 4. The number of pyridine rings is 1. The topological polar surface area (TPSA) is 52.0 Å². The molecule has 1 N–H and O–H groups in total. The summed E-state index contributed by atoms with van der Waals surface area (Å²) in [6, 6.07) is 9.89. The summed E-state index contributed by atoms with van der Waals surface area (Å²) in [6.07, 6.45) is 1.89. The standard InChI is InChI=1S/C19H20F2N4/c1-13-7-8-19(24-18(13)10-22)23-14-4-3-9-25(11-14)12-15-16(20)5-2-6-17(15)21/h2,5-8,14H,3-4,9,11-12H2,1H3,(H,23,24). The van der Waals surface area contributed by atoms with Crippen molar-refractivity contribution in [2.24, 2.45) is 0 Å². The van der Waals surface area contributed by atoms with Crippen molar-refractivity contribution >= 4 is 5.82 Å². The lowest BCUT2D eigenvalue weighted by atomic mass is 10.0. The van der Waals surface area contributed by atoms with Gasteiger partial charge < -0.3 is 5.32 Å². The van der Waals surface area contributed by atoms with Gasteiger partial charge in [-0.05, 0) is 50.1 Å². The van der Waals surface area contributed by atoms with Crippen LogP contribution in [0.4, 0.5) is 14.6 Å². The van der Waals surface area contributed by atoms with Crippen molar-refractivity contribution in [3.05, 3.63) is 58.8 Å². The lowest BCUT2D eigenvalue weighted by Crippen LogP contribution is -2.42. The first kappa shape index (κ1) is 17.3. The SMILES string of the molecule is Cc1ccc(NC2CCCN(Cc3c(F)cccc3F)C2)nc1C#N. The molecule has 1 saturated heterocycles. The Bertz CT molecular complexity index is 780. The Kier molecular flexibility index (Phi) is 5.25. The summed E-state index contributed by atoms with van der Waals surface area (Å²) in [5.74, 6) is -0.353. The molecule has 1 aromatic carbocycles. The van der Waals surface area contributed by atoms with Gasteiger partial charge in [0.25, 0.3) is 0 Å². The molecule has 0 radical (unpaired) electrons. The van der Waals surface area contributed by atoms with Crippen LogP contribution in [0.3, 0.4) is 0 Å². The van der Waals surface area contributed by atoms with Crippen molar-refractivity contribution in [1.29, 1.82) is 5.26 Å². The molecule has 0 bridgehead atoms. The van der Waals surface area contributed by atoms with Crippen molar-refractivity contribution in [2.75, 3.05) is 18.4 Å². The van der Waals surface area contributed by atoms with Gasteiger partial charge in [-0.15, -0.1) is 0 Å². The van der Waals surface area contributed by atoms with Crippen LogP contribution in [0.15, 0.2) is 30.3 Å². The average Bonchev–Trinajstić information content (AvgIpc) is 2.60. The molecule has 1 atom stereocenters. The highest BCUT2D eigenvalue weighted by Gasteiger charge is 2.22. The molecule has 2 aromatic rings. The number of piperidine rings is 1. The number of nitrogens with one attached hydrogen (secondary N) is 1. The maximum absolute atomic E-state index is 13.8. The number of aryl methyl sites for hydroxylation is 1. The van der Waals surface area contributed by atoms with Crippen LogP contribution in [-0.2, 0) is 6.54 Å². The fourth-order valence-electron chi connectivity index (χ4n) is 3.16. The third-order valence-corrected chi connectivity index (χ3v) is 4.50. The minimum absolute atomic E-state index is 0.114. The van der Waals surface area contributed by atoms with Gasteiger partial charge in [0.15, 0.2) is 0 Å². The molecular formula is C19H20F2N4. The highest BCUT2D eigenvalue weighted by Crippen LogP contribution is 2.20. The molecule has 0 saturated carbocycles. The number of nitrogens with zero attached hydrogens (tertiary/aromatic N) is 3. The Morgan fingerprint density at radius 2 is 2.04 bits per heavy atom. The van der Waals surface area contributed by atoms with Gasteiger partial charge in [0.1, 0.15) is 29.2 Å². The summed E-state index contributed by atoms with van der Waals surface area (Å²) >= 11 is 0. The van der Waals surface area contributed by atoms with E-state index in [1.807, 2.05) is 24.0 Å². The van der Waals surface area contributed by atoms with Crippen molar-refractivity contribution in [2.45, 2.75) is 32.4 Å². The Hall–Kier alpha value is -2.52. The Balaban J connectivity index is 1.66. The van der Waals surface area contributed by atoms with E-state index in [4.69, 9.17) is 5.26 Å². The number of hydrogen-bond donors (Lipinski definition) is 1. The summed E-state index contributed by atoms with van der Waals surface area (Å²) in [4.78, 5) is 6.36. The number of nitriles is 1. The van der Waals surface area contributed by atoms with Gasteiger partial charge in [0, 0.05) is 24.7 Å². The summed E-state index contributed by atoms with van der Waals surface area (Å²) in [5, 5.41) is 12.4. The van der Waals surface area contributed by atoms with Crippen LogP contribution in [0.25, 0.3) is 0 Å². The molecule has 6 heteroatoms. The lowest BCUT2D eigenvalue weighted by Gasteiger charge is -2.33. The van der Waals surface area contributed by atoms with E-state index in [-0.39, 0.29) is 18.2 Å². The van der Waals surface area contributed by atoms with E-state index < -0.39 is 11.6 Å². The van der Waals surface area contributed by atoms with E-state index in [1.165, 1.54) is 18.2 Å². The van der Waals surface area contributed by atoms with Gasteiger partial charge in [-0.3, -0.25) is 4.90 Å². The number of likely N-dealkylation sites (tertiary alicyclic amines) is 1. The van der Waals surface area contributed by atoms with Gasteiger partial charge in [-0.25, -0.2) is 13.8 Å². The Labute approximate surface area is 146 Å². The molecule has 3 rings (SSSR count).